The Hall–Kier alpha value is -3.23. The molecule has 3 aromatic heterocycles. The first-order valence-corrected chi connectivity index (χ1v) is 10.4. The number of carbonyl (C=O) groups is 1. The van der Waals surface area contributed by atoms with Crippen molar-refractivity contribution in [2.24, 2.45) is 0 Å². The molecule has 4 rings (SSSR count). The van der Waals surface area contributed by atoms with Gasteiger partial charge in [0.2, 0.25) is 5.95 Å². The Morgan fingerprint density at radius 3 is 2.47 bits per heavy atom. The number of thioether (sulfide) groups is 1. The summed E-state index contributed by atoms with van der Waals surface area (Å²) in [5.41, 5.74) is 4.20. The van der Waals surface area contributed by atoms with E-state index >= 15 is 0 Å². The molecule has 0 aliphatic carbocycles. The summed E-state index contributed by atoms with van der Waals surface area (Å²) >= 11 is 1.65. The Morgan fingerprint density at radius 2 is 1.83 bits per heavy atom. The predicted octanol–water partition coefficient (Wildman–Crippen LogP) is 3.39. The van der Waals surface area contributed by atoms with Crippen molar-refractivity contribution in [1.82, 2.24) is 24.4 Å². The topological polar surface area (TPSA) is 95.4 Å². The molecule has 0 saturated carbocycles. The van der Waals surface area contributed by atoms with Gasteiger partial charge in [0.25, 0.3) is 5.91 Å². The van der Waals surface area contributed by atoms with E-state index in [1.54, 1.807) is 43.2 Å². The summed E-state index contributed by atoms with van der Waals surface area (Å²) in [7, 11) is 3.50. The molecule has 4 aromatic rings. The molecule has 8 heteroatoms. The van der Waals surface area contributed by atoms with Gasteiger partial charge in [0.1, 0.15) is 0 Å². The standard InChI is InChI=1S/C22H21N5OS.H2O/c1-14-6-5-7-18(25-14)16-11-23-22(24-12-16)27-13-20(29-4)17-9-8-15(10-19(17)27)21(28)26(2)3;/h5-13H,1-4H3;1H2. The van der Waals surface area contributed by atoms with E-state index in [0.29, 0.717) is 11.5 Å². The van der Waals surface area contributed by atoms with Gasteiger partial charge in [-0.25, -0.2) is 9.97 Å². The molecule has 30 heavy (non-hydrogen) atoms. The second-order valence-electron chi connectivity index (χ2n) is 6.93. The highest BCUT2D eigenvalue weighted by Crippen LogP contribution is 2.31. The molecular formula is C22H23N5O2S. The lowest BCUT2D eigenvalue weighted by atomic mass is 10.1. The summed E-state index contributed by atoms with van der Waals surface area (Å²) < 4.78 is 1.93. The first kappa shape index (κ1) is 21.5. The monoisotopic (exact) mass is 421 g/mol. The molecule has 3 heterocycles. The summed E-state index contributed by atoms with van der Waals surface area (Å²) in [6.07, 6.45) is 7.61. The normalized spacial score (nSPS) is 10.7. The Labute approximate surface area is 179 Å². The average Bonchev–Trinajstić information content (AvgIpc) is 3.11. The van der Waals surface area contributed by atoms with Crippen molar-refractivity contribution in [3.8, 4) is 17.2 Å². The van der Waals surface area contributed by atoms with Gasteiger partial charge >= 0.3 is 0 Å². The molecule has 0 saturated heterocycles. The summed E-state index contributed by atoms with van der Waals surface area (Å²) in [5.74, 6) is 0.522. The van der Waals surface area contributed by atoms with Gasteiger partial charge in [0, 0.05) is 59.8 Å². The van der Waals surface area contributed by atoms with Gasteiger partial charge < -0.3 is 10.4 Å². The maximum atomic E-state index is 12.4. The third kappa shape index (κ3) is 3.92. The smallest absolute Gasteiger partial charge is 0.253 e. The van der Waals surface area contributed by atoms with Crippen LogP contribution in [0.5, 0.6) is 0 Å². The van der Waals surface area contributed by atoms with Crippen molar-refractivity contribution < 1.29 is 10.3 Å². The lowest BCUT2D eigenvalue weighted by Gasteiger charge is -2.11. The molecule has 0 aliphatic rings. The van der Waals surface area contributed by atoms with Crippen LogP contribution in [0, 0.1) is 6.92 Å². The quantitative estimate of drug-likeness (QED) is 0.471. The van der Waals surface area contributed by atoms with Crippen LogP contribution < -0.4 is 0 Å². The molecule has 7 nitrogen and oxygen atoms in total. The Morgan fingerprint density at radius 1 is 1.10 bits per heavy atom. The second kappa shape index (κ2) is 8.64. The van der Waals surface area contributed by atoms with E-state index in [0.717, 1.165) is 32.7 Å². The number of aromatic nitrogens is 4. The Kier molecular flexibility index (Phi) is 6.19. The van der Waals surface area contributed by atoms with E-state index in [1.807, 2.05) is 60.3 Å². The Bertz CT molecular complexity index is 1200. The number of amides is 1. The molecule has 0 fully saturated rings. The molecule has 0 unspecified atom stereocenters. The second-order valence-corrected chi connectivity index (χ2v) is 7.78. The van der Waals surface area contributed by atoms with E-state index in [1.165, 1.54) is 0 Å². The van der Waals surface area contributed by atoms with Crippen molar-refractivity contribution in [2.75, 3.05) is 20.4 Å². The number of rotatable bonds is 4. The minimum Gasteiger partial charge on any atom is -0.412 e. The molecule has 2 N–H and O–H groups in total. The zero-order valence-corrected chi connectivity index (χ0v) is 18.1. The number of fused-ring (bicyclic) bond motifs is 1. The van der Waals surface area contributed by atoms with Crippen molar-refractivity contribution in [1.29, 1.82) is 0 Å². The number of hydrogen-bond donors (Lipinski definition) is 0. The van der Waals surface area contributed by atoms with Crippen LogP contribution in [0.4, 0.5) is 0 Å². The number of aryl methyl sites for hydroxylation is 1. The molecule has 0 spiro atoms. The largest absolute Gasteiger partial charge is 0.412 e. The molecule has 1 amide bonds. The third-order valence-corrected chi connectivity index (χ3v) is 5.45. The summed E-state index contributed by atoms with van der Waals surface area (Å²) in [4.78, 5) is 28.8. The Balaban J connectivity index is 0.00000256. The van der Waals surface area contributed by atoms with Crippen LogP contribution in [-0.2, 0) is 0 Å². The average molecular weight is 422 g/mol. The molecule has 154 valence electrons. The highest BCUT2D eigenvalue weighted by Gasteiger charge is 2.15. The van der Waals surface area contributed by atoms with E-state index in [4.69, 9.17) is 0 Å². The maximum Gasteiger partial charge on any atom is 0.253 e. The zero-order valence-electron chi connectivity index (χ0n) is 17.2. The molecular weight excluding hydrogens is 398 g/mol. The summed E-state index contributed by atoms with van der Waals surface area (Å²) in [5, 5.41) is 1.07. The zero-order chi connectivity index (χ0) is 20.5. The lowest BCUT2D eigenvalue weighted by molar-refractivity contribution is 0.0827. The van der Waals surface area contributed by atoms with Gasteiger partial charge in [0.05, 0.1) is 11.2 Å². The summed E-state index contributed by atoms with van der Waals surface area (Å²) in [6, 6.07) is 11.6. The fraction of sp³-hybridized carbons (Fsp3) is 0.182. The first-order valence-electron chi connectivity index (χ1n) is 9.15. The number of benzene rings is 1. The van der Waals surface area contributed by atoms with E-state index in [-0.39, 0.29) is 11.4 Å². The number of pyridine rings is 1. The minimum atomic E-state index is -0.0351. The van der Waals surface area contributed by atoms with Gasteiger partial charge in [-0.3, -0.25) is 14.3 Å². The van der Waals surface area contributed by atoms with Crippen LogP contribution in [0.1, 0.15) is 16.1 Å². The van der Waals surface area contributed by atoms with Gasteiger partial charge in [-0.15, -0.1) is 11.8 Å². The molecule has 0 radical (unpaired) electrons. The van der Waals surface area contributed by atoms with Crippen molar-refractivity contribution in [2.45, 2.75) is 11.8 Å². The molecule has 0 atom stereocenters. The van der Waals surface area contributed by atoms with Gasteiger partial charge in [-0.05, 0) is 37.4 Å². The third-order valence-electron chi connectivity index (χ3n) is 4.68. The van der Waals surface area contributed by atoms with Gasteiger partial charge in [0.15, 0.2) is 0 Å². The van der Waals surface area contributed by atoms with Gasteiger partial charge in [-0.2, -0.15) is 0 Å². The lowest BCUT2D eigenvalue weighted by Crippen LogP contribution is -2.21. The molecule has 0 bridgehead atoms. The molecule has 1 aromatic carbocycles. The number of hydrogen-bond acceptors (Lipinski definition) is 5. The van der Waals surface area contributed by atoms with E-state index in [2.05, 4.69) is 15.0 Å². The van der Waals surface area contributed by atoms with Crippen LogP contribution in [0.2, 0.25) is 0 Å². The number of nitrogens with zero attached hydrogens (tertiary/aromatic N) is 5. The van der Waals surface area contributed by atoms with E-state index < -0.39 is 0 Å². The van der Waals surface area contributed by atoms with Crippen molar-refractivity contribution in [3.63, 3.8) is 0 Å². The van der Waals surface area contributed by atoms with Crippen molar-refractivity contribution in [3.05, 3.63) is 66.2 Å². The van der Waals surface area contributed by atoms with Crippen LogP contribution >= 0.6 is 11.8 Å². The van der Waals surface area contributed by atoms with Crippen LogP contribution in [-0.4, -0.2) is 56.2 Å². The first-order chi connectivity index (χ1) is 14.0. The summed E-state index contributed by atoms with van der Waals surface area (Å²) in [6.45, 7) is 1.96. The highest BCUT2D eigenvalue weighted by molar-refractivity contribution is 7.98. The SMILES string of the molecule is CSc1cn(-c2ncc(-c3cccc(C)n3)cn2)c2cc(C(=O)N(C)C)ccc12.O. The fourth-order valence-corrected chi connectivity index (χ4v) is 3.80. The highest BCUT2D eigenvalue weighted by atomic mass is 32.2. The minimum absolute atomic E-state index is 0. The fourth-order valence-electron chi connectivity index (χ4n) is 3.20. The van der Waals surface area contributed by atoms with Crippen LogP contribution in [0.15, 0.2) is 59.9 Å². The predicted molar refractivity (Wildman–Crippen MR) is 120 cm³/mol. The van der Waals surface area contributed by atoms with Crippen LogP contribution in [0.3, 0.4) is 0 Å². The van der Waals surface area contributed by atoms with E-state index in [9.17, 15) is 4.79 Å². The van der Waals surface area contributed by atoms with Gasteiger partial charge in [-0.1, -0.05) is 12.1 Å². The maximum absolute atomic E-state index is 12.4. The van der Waals surface area contributed by atoms with Crippen LogP contribution in [0.25, 0.3) is 28.1 Å². The number of carbonyl (C=O) groups excluding carboxylic acids is 1. The molecule has 0 aliphatic heterocycles. The van der Waals surface area contributed by atoms with Crippen molar-refractivity contribution >= 4 is 28.6 Å².